The van der Waals surface area contributed by atoms with E-state index >= 15 is 0 Å². The molecule has 0 saturated heterocycles. The highest BCUT2D eigenvalue weighted by molar-refractivity contribution is 6.35. The summed E-state index contributed by atoms with van der Waals surface area (Å²) in [7, 11) is 5.71. The molecule has 0 radical (unpaired) electrons. The fraction of sp³-hybridized carbons (Fsp3) is 0.231. The van der Waals surface area contributed by atoms with Gasteiger partial charge < -0.3 is 14.7 Å². The van der Waals surface area contributed by atoms with E-state index in [4.69, 9.17) is 23.2 Å². The van der Waals surface area contributed by atoms with Crippen LogP contribution in [0.1, 0.15) is 20.7 Å². The maximum atomic E-state index is 14.4. The molecule has 3 aromatic carbocycles. The second kappa shape index (κ2) is 11.0. The summed E-state index contributed by atoms with van der Waals surface area (Å²) in [6.07, 6.45) is -4.55. The van der Waals surface area contributed by atoms with Gasteiger partial charge in [0.25, 0.3) is 11.8 Å². The standard InChI is InChI=1S/C26H23Cl2F4N3O2/c1-33(2)24(36)16-8-10-18(27)17(12-16)15-9-11-21(22(13-15)34(3)14-26(30,31)32)35(4)25(37)23-19(28)6-5-7-20(23)29/h5-13H,14H2,1-4H3. The number of halogens is 6. The van der Waals surface area contributed by atoms with Crippen LogP contribution >= 0.6 is 23.2 Å². The maximum absolute atomic E-state index is 14.4. The molecule has 3 rings (SSSR count). The quantitative estimate of drug-likeness (QED) is 0.315. The van der Waals surface area contributed by atoms with Crippen LogP contribution in [0.5, 0.6) is 0 Å². The van der Waals surface area contributed by atoms with E-state index in [0.29, 0.717) is 16.7 Å². The van der Waals surface area contributed by atoms with Crippen molar-refractivity contribution in [3.05, 3.63) is 81.6 Å². The Labute approximate surface area is 221 Å². The normalized spacial score (nSPS) is 11.3. The monoisotopic (exact) mass is 555 g/mol. The molecule has 0 aromatic heterocycles. The van der Waals surface area contributed by atoms with Crippen molar-refractivity contribution in [3.63, 3.8) is 0 Å². The van der Waals surface area contributed by atoms with E-state index in [2.05, 4.69) is 0 Å². The zero-order valence-electron chi connectivity index (χ0n) is 20.3. The van der Waals surface area contributed by atoms with Crippen molar-refractivity contribution in [3.8, 4) is 11.1 Å². The summed E-state index contributed by atoms with van der Waals surface area (Å²) in [6, 6.07) is 12.8. The van der Waals surface area contributed by atoms with Gasteiger partial charge in [0.15, 0.2) is 0 Å². The van der Waals surface area contributed by atoms with Crippen LogP contribution in [0.25, 0.3) is 11.1 Å². The average Bonchev–Trinajstić information content (AvgIpc) is 2.81. The predicted octanol–water partition coefficient (Wildman–Crippen LogP) is 6.78. The molecule has 2 amide bonds. The third kappa shape index (κ3) is 6.34. The molecule has 0 bridgehead atoms. The first-order chi connectivity index (χ1) is 17.2. The van der Waals surface area contributed by atoms with E-state index in [1.54, 1.807) is 32.3 Å². The molecular formula is C26H23Cl2F4N3O2. The van der Waals surface area contributed by atoms with Crippen LogP contribution in [0.4, 0.5) is 28.9 Å². The highest BCUT2D eigenvalue weighted by Gasteiger charge is 2.31. The zero-order valence-corrected chi connectivity index (χ0v) is 21.8. The third-order valence-corrected chi connectivity index (χ3v) is 6.22. The molecule has 37 heavy (non-hydrogen) atoms. The zero-order chi connectivity index (χ0) is 27.7. The minimum Gasteiger partial charge on any atom is -0.364 e. The smallest absolute Gasteiger partial charge is 0.364 e. The Hall–Kier alpha value is -3.30. The molecule has 196 valence electrons. The van der Waals surface area contributed by atoms with E-state index in [9.17, 15) is 27.2 Å². The van der Waals surface area contributed by atoms with Crippen molar-refractivity contribution >= 4 is 46.4 Å². The Morgan fingerprint density at radius 2 is 1.51 bits per heavy atom. The molecule has 0 aliphatic rings. The van der Waals surface area contributed by atoms with E-state index < -0.39 is 30.0 Å². The Bertz CT molecular complexity index is 1330. The van der Waals surface area contributed by atoms with Crippen LogP contribution < -0.4 is 9.80 Å². The summed E-state index contributed by atoms with van der Waals surface area (Å²) in [5, 5.41) is 0.142. The topological polar surface area (TPSA) is 43.9 Å². The summed E-state index contributed by atoms with van der Waals surface area (Å²) >= 11 is 12.4. The molecule has 0 fully saturated rings. The van der Waals surface area contributed by atoms with Crippen LogP contribution in [-0.4, -0.2) is 57.6 Å². The van der Waals surface area contributed by atoms with Gasteiger partial charge in [-0.15, -0.1) is 0 Å². The maximum Gasteiger partial charge on any atom is 0.405 e. The Morgan fingerprint density at radius 1 is 0.838 bits per heavy atom. The number of carbonyl (C=O) groups excluding carboxylic acids is 2. The number of anilines is 2. The van der Waals surface area contributed by atoms with Crippen molar-refractivity contribution in [2.45, 2.75) is 6.18 Å². The Kier molecular flexibility index (Phi) is 8.39. The van der Waals surface area contributed by atoms with Crippen LogP contribution in [0.2, 0.25) is 10.0 Å². The summed E-state index contributed by atoms with van der Waals surface area (Å²) in [5.41, 5.74) is 0.859. The largest absolute Gasteiger partial charge is 0.405 e. The van der Waals surface area contributed by atoms with Gasteiger partial charge in [-0.1, -0.05) is 35.3 Å². The first kappa shape index (κ1) is 28.3. The van der Waals surface area contributed by atoms with Crippen LogP contribution in [0, 0.1) is 5.82 Å². The molecule has 0 aliphatic carbocycles. The van der Waals surface area contributed by atoms with E-state index in [0.717, 1.165) is 15.9 Å². The summed E-state index contributed by atoms with van der Waals surface area (Å²) < 4.78 is 54.3. The van der Waals surface area contributed by atoms with Gasteiger partial charge in [-0.3, -0.25) is 9.59 Å². The van der Waals surface area contributed by atoms with Crippen molar-refractivity contribution < 1.29 is 27.2 Å². The number of benzene rings is 3. The van der Waals surface area contributed by atoms with Crippen molar-refractivity contribution in [1.82, 2.24) is 4.90 Å². The van der Waals surface area contributed by atoms with E-state index in [1.807, 2.05) is 0 Å². The van der Waals surface area contributed by atoms with Gasteiger partial charge in [0.2, 0.25) is 0 Å². The molecule has 5 nitrogen and oxygen atoms in total. The molecule has 3 aromatic rings. The SMILES string of the molecule is CN(C)C(=O)c1ccc(Cl)c(-c2ccc(N(C)C(=O)c3c(F)cccc3Cl)c(N(C)CC(F)(F)F)c2)c1. The number of amides is 2. The average molecular weight is 556 g/mol. The first-order valence-corrected chi connectivity index (χ1v) is 11.6. The van der Waals surface area contributed by atoms with Gasteiger partial charge in [-0.2, -0.15) is 13.2 Å². The van der Waals surface area contributed by atoms with Gasteiger partial charge in [0.05, 0.1) is 22.0 Å². The second-order valence-corrected chi connectivity index (χ2v) is 9.34. The lowest BCUT2D eigenvalue weighted by atomic mass is 10.0. The molecule has 0 unspecified atom stereocenters. The predicted molar refractivity (Wildman–Crippen MR) is 138 cm³/mol. The van der Waals surface area contributed by atoms with Crippen LogP contribution in [0.15, 0.2) is 54.6 Å². The van der Waals surface area contributed by atoms with Crippen LogP contribution in [0.3, 0.4) is 0 Å². The van der Waals surface area contributed by atoms with Gasteiger partial charge >= 0.3 is 6.18 Å². The molecule has 0 spiro atoms. The summed E-state index contributed by atoms with van der Waals surface area (Å²) in [6.45, 7) is -1.32. The summed E-state index contributed by atoms with van der Waals surface area (Å²) in [4.78, 5) is 28.9. The van der Waals surface area contributed by atoms with E-state index in [-0.39, 0.29) is 27.3 Å². The lowest BCUT2D eigenvalue weighted by Gasteiger charge is -2.28. The fourth-order valence-electron chi connectivity index (χ4n) is 3.75. The third-order valence-electron chi connectivity index (χ3n) is 5.58. The summed E-state index contributed by atoms with van der Waals surface area (Å²) in [5.74, 6) is -1.98. The fourth-order valence-corrected chi connectivity index (χ4v) is 4.22. The number of alkyl halides is 3. The van der Waals surface area contributed by atoms with Crippen molar-refractivity contribution in [1.29, 1.82) is 0 Å². The minimum atomic E-state index is -4.55. The molecule has 0 N–H and O–H groups in total. The molecule has 0 atom stereocenters. The van der Waals surface area contributed by atoms with Crippen molar-refractivity contribution in [2.24, 2.45) is 0 Å². The molecular weight excluding hydrogens is 533 g/mol. The number of rotatable bonds is 6. The van der Waals surface area contributed by atoms with Gasteiger partial charge in [-0.05, 0) is 48.0 Å². The molecule has 0 aliphatic heterocycles. The van der Waals surface area contributed by atoms with Crippen LogP contribution in [-0.2, 0) is 0 Å². The minimum absolute atomic E-state index is 0.0264. The highest BCUT2D eigenvalue weighted by atomic mass is 35.5. The molecule has 0 saturated carbocycles. The van der Waals surface area contributed by atoms with Crippen molar-refractivity contribution in [2.75, 3.05) is 44.5 Å². The molecule has 0 heterocycles. The lowest BCUT2D eigenvalue weighted by Crippen LogP contribution is -2.34. The molecule has 11 heteroatoms. The van der Waals surface area contributed by atoms with Gasteiger partial charge in [0.1, 0.15) is 12.4 Å². The second-order valence-electron chi connectivity index (χ2n) is 8.53. The first-order valence-electron chi connectivity index (χ1n) is 10.9. The number of carbonyl (C=O) groups is 2. The highest BCUT2D eigenvalue weighted by Crippen LogP contribution is 2.38. The number of hydrogen-bond donors (Lipinski definition) is 0. The Morgan fingerprint density at radius 3 is 2.11 bits per heavy atom. The van der Waals surface area contributed by atoms with Gasteiger partial charge in [0, 0.05) is 44.3 Å². The lowest BCUT2D eigenvalue weighted by molar-refractivity contribution is -0.119. The van der Waals surface area contributed by atoms with E-state index in [1.165, 1.54) is 49.3 Å². The Balaban J connectivity index is 2.16. The van der Waals surface area contributed by atoms with Gasteiger partial charge in [-0.25, -0.2) is 4.39 Å². The number of hydrogen-bond acceptors (Lipinski definition) is 3. The number of nitrogens with zero attached hydrogens (tertiary/aromatic N) is 3.